The summed E-state index contributed by atoms with van der Waals surface area (Å²) in [5.41, 5.74) is 0. The zero-order chi connectivity index (χ0) is 10.7. The number of nitrogens with one attached hydrogen (secondary N) is 1. The average Bonchev–Trinajstić information content (AvgIpc) is 2.55. The number of hydrogen-bond acceptors (Lipinski definition) is 3. The first kappa shape index (κ1) is 10.4. The lowest BCUT2D eigenvalue weighted by Crippen LogP contribution is -2.48. The van der Waals surface area contributed by atoms with Gasteiger partial charge in [-0.05, 0) is 25.1 Å². The van der Waals surface area contributed by atoms with Crippen LogP contribution in [0.15, 0.2) is 18.2 Å². The second-order valence-corrected chi connectivity index (χ2v) is 4.84. The highest BCUT2D eigenvalue weighted by atomic mass is 32.1. The van der Waals surface area contributed by atoms with E-state index in [1.165, 1.54) is 4.88 Å². The number of thiophene rings is 1. The molecule has 1 aromatic heterocycles. The van der Waals surface area contributed by atoms with Gasteiger partial charge in [-0.1, -0.05) is 0 Å². The maximum absolute atomic E-state index is 11.4. The summed E-state index contributed by atoms with van der Waals surface area (Å²) in [5, 5.41) is 2.85. The van der Waals surface area contributed by atoms with Crippen LogP contribution in [0.25, 0.3) is 6.08 Å². The molecule has 0 aromatic carbocycles. The number of carbonyl (C=O) groups excluding carboxylic acids is 1. The molecule has 0 aliphatic carbocycles. The molecular formula is C11H13NO2S. The van der Waals surface area contributed by atoms with Crippen LogP contribution in [-0.4, -0.2) is 25.2 Å². The fraction of sp³-hybridized carbons (Fsp3) is 0.364. The zero-order valence-electron chi connectivity index (χ0n) is 8.53. The Labute approximate surface area is 92.8 Å². The lowest BCUT2D eigenvalue weighted by Gasteiger charge is -2.26. The molecule has 15 heavy (non-hydrogen) atoms. The van der Waals surface area contributed by atoms with Crippen LogP contribution >= 0.6 is 11.3 Å². The van der Waals surface area contributed by atoms with Gasteiger partial charge in [0, 0.05) is 15.8 Å². The lowest BCUT2D eigenvalue weighted by molar-refractivity contribution is -0.120. The molecule has 1 amide bonds. The lowest BCUT2D eigenvalue weighted by atomic mass is 10.2. The minimum absolute atomic E-state index is 0.0469. The molecule has 1 aliphatic heterocycles. The number of hydrogen-bond donors (Lipinski definition) is 1. The van der Waals surface area contributed by atoms with E-state index in [1.54, 1.807) is 17.4 Å². The van der Waals surface area contributed by atoms with Crippen molar-refractivity contribution in [3.05, 3.63) is 28.0 Å². The summed E-state index contributed by atoms with van der Waals surface area (Å²) in [6.45, 7) is 3.32. The molecule has 3 nitrogen and oxygen atoms in total. The van der Waals surface area contributed by atoms with E-state index in [9.17, 15) is 4.79 Å². The predicted molar refractivity (Wildman–Crippen MR) is 60.8 cm³/mol. The summed E-state index contributed by atoms with van der Waals surface area (Å²) in [6.07, 6.45) is 3.41. The number of aryl methyl sites for hydroxylation is 1. The van der Waals surface area contributed by atoms with Crippen molar-refractivity contribution < 1.29 is 9.53 Å². The topological polar surface area (TPSA) is 38.3 Å². The molecule has 0 unspecified atom stereocenters. The van der Waals surface area contributed by atoms with Gasteiger partial charge in [-0.3, -0.25) is 4.79 Å². The molecule has 2 rings (SSSR count). The van der Waals surface area contributed by atoms with Crippen molar-refractivity contribution in [2.45, 2.75) is 13.0 Å². The first-order chi connectivity index (χ1) is 7.24. The van der Waals surface area contributed by atoms with Gasteiger partial charge >= 0.3 is 0 Å². The highest BCUT2D eigenvalue weighted by Gasteiger charge is 2.18. The highest BCUT2D eigenvalue weighted by molar-refractivity contribution is 7.12. The fourth-order valence-electron chi connectivity index (χ4n) is 1.27. The third-order valence-electron chi connectivity index (χ3n) is 2.14. The maximum atomic E-state index is 11.4. The number of rotatable bonds is 3. The van der Waals surface area contributed by atoms with Crippen molar-refractivity contribution in [2.75, 3.05) is 13.2 Å². The van der Waals surface area contributed by atoms with Gasteiger partial charge in [-0.2, -0.15) is 0 Å². The van der Waals surface area contributed by atoms with Crippen LogP contribution in [0.4, 0.5) is 0 Å². The van der Waals surface area contributed by atoms with E-state index >= 15 is 0 Å². The first-order valence-electron chi connectivity index (χ1n) is 4.87. The van der Waals surface area contributed by atoms with Crippen molar-refractivity contribution in [1.29, 1.82) is 0 Å². The third kappa shape index (κ3) is 2.91. The molecule has 0 atom stereocenters. The second kappa shape index (κ2) is 4.59. The van der Waals surface area contributed by atoms with Gasteiger partial charge in [0.15, 0.2) is 0 Å². The van der Waals surface area contributed by atoms with Crippen molar-refractivity contribution in [3.8, 4) is 0 Å². The summed E-state index contributed by atoms with van der Waals surface area (Å²) < 4.78 is 4.97. The van der Waals surface area contributed by atoms with Crippen LogP contribution in [0.2, 0.25) is 0 Å². The first-order valence-corrected chi connectivity index (χ1v) is 5.68. The normalized spacial score (nSPS) is 16.6. The Bertz CT molecular complexity index is 380. The standard InChI is InChI=1S/C11H13NO2S/c1-8-2-3-10(15-8)4-5-11(13)12-9-6-14-7-9/h2-5,9H,6-7H2,1H3,(H,12,13). The molecule has 0 bridgehead atoms. The van der Waals surface area contributed by atoms with Crippen LogP contribution in [0.3, 0.4) is 0 Å². The van der Waals surface area contributed by atoms with E-state index in [0.29, 0.717) is 13.2 Å². The van der Waals surface area contributed by atoms with E-state index in [0.717, 1.165) is 4.88 Å². The molecule has 1 N–H and O–H groups in total. The van der Waals surface area contributed by atoms with Gasteiger partial charge in [0.1, 0.15) is 0 Å². The molecule has 0 radical (unpaired) electrons. The molecular weight excluding hydrogens is 210 g/mol. The van der Waals surface area contributed by atoms with E-state index < -0.39 is 0 Å². The Balaban J connectivity index is 1.84. The Hall–Kier alpha value is -1.13. The Morgan fingerprint density at radius 1 is 1.60 bits per heavy atom. The van der Waals surface area contributed by atoms with Crippen molar-refractivity contribution in [2.24, 2.45) is 0 Å². The van der Waals surface area contributed by atoms with Crippen molar-refractivity contribution >= 4 is 23.3 Å². The summed E-state index contributed by atoms with van der Waals surface area (Å²) in [4.78, 5) is 13.7. The number of carbonyl (C=O) groups is 1. The molecule has 1 aromatic rings. The van der Waals surface area contributed by atoms with Crippen LogP contribution < -0.4 is 5.32 Å². The summed E-state index contributed by atoms with van der Waals surface area (Å²) in [6, 6.07) is 4.25. The quantitative estimate of drug-likeness (QED) is 0.790. The molecule has 4 heteroatoms. The zero-order valence-corrected chi connectivity index (χ0v) is 9.34. The predicted octanol–water partition coefficient (Wildman–Crippen LogP) is 1.58. The van der Waals surface area contributed by atoms with E-state index in [4.69, 9.17) is 4.74 Å². The van der Waals surface area contributed by atoms with Gasteiger partial charge in [0.25, 0.3) is 0 Å². The smallest absolute Gasteiger partial charge is 0.244 e. The van der Waals surface area contributed by atoms with Gasteiger partial charge in [-0.15, -0.1) is 11.3 Å². The Kier molecular flexibility index (Phi) is 3.18. The minimum atomic E-state index is -0.0469. The van der Waals surface area contributed by atoms with Crippen LogP contribution in [0, 0.1) is 6.92 Å². The summed E-state index contributed by atoms with van der Waals surface area (Å²) in [7, 11) is 0. The summed E-state index contributed by atoms with van der Waals surface area (Å²) >= 11 is 1.68. The van der Waals surface area contributed by atoms with Gasteiger partial charge in [0.05, 0.1) is 19.3 Å². The summed E-state index contributed by atoms with van der Waals surface area (Å²) in [5.74, 6) is -0.0469. The third-order valence-corrected chi connectivity index (χ3v) is 3.11. The van der Waals surface area contributed by atoms with E-state index in [-0.39, 0.29) is 11.9 Å². The number of ether oxygens (including phenoxy) is 1. The van der Waals surface area contributed by atoms with E-state index in [1.807, 2.05) is 25.1 Å². The van der Waals surface area contributed by atoms with Crippen LogP contribution in [0.5, 0.6) is 0 Å². The second-order valence-electron chi connectivity index (χ2n) is 3.52. The Morgan fingerprint density at radius 3 is 2.93 bits per heavy atom. The molecule has 1 fully saturated rings. The molecule has 1 aliphatic rings. The molecule has 1 saturated heterocycles. The van der Waals surface area contributed by atoms with Gasteiger partial charge in [0.2, 0.25) is 5.91 Å². The van der Waals surface area contributed by atoms with E-state index in [2.05, 4.69) is 5.32 Å². The minimum Gasteiger partial charge on any atom is -0.377 e. The average molecular weight is 223 g/mol. The van der Waals surface area contributed by atoms with Gasteiger partial charge in [-0.25, -0.2) is 0 Å². The Morgan fingerprint density at radius 2 is 2.40 bits per heavy atom. The van der Waals surface area contributed by atoms with Gasteiger partial charge < -0.3 is 10.1 Å². The van der Waals surface area contributed by atoms with Crippen LogP contribution in [-0.2, 0) is 9.53 Å². The molecule has 0 spiro atoms. The molecule has 80 valence electrons. The molecule has 2 heterocycles. The molecule has 0 saturated carbocycles. The van der Waals surface area contributed by atoms with Crippen LogP contribution in [0.1, 0.15) is 9.75 Å². The van der Waals surface area contributed by atoms with Crippen molar-refractivity contribution in [1.82, 2.24) is 5.32 Å². The maximum Gasteiger partial charge on any atom is 0.244 e. The highest BCUT2D eigenvalue weighted by Crippen LogP contribution is 2.16. The SMILES string of the molecule is Cc1ccc(C=CC(=O)NC2COC2)s1. The number of amides is 1. The monoisotopic (exact) mass is 223 g/mol. The fourth-order valence-corrected chi connectivity index (χ4v) is 2.05. The van der Waals surface area contributed by atoms with Crippen molar-refractivity contribution in [3.63, 3.8) is 0 Å². The largest absolute Gasteiger partial charge is 0.377 e.